The van der Waals surface area contributed by atoms with Gasteiger partial charge in [-0.25, -0.2) is 0 Å². The molecule has 5 heteroatoms. The summed E-state index contributed by atoms with van der Waals surface area (Å²) in [6, 6.07) is 3.43. The van der Waals surface area contributed by atoms with Crippen molar-refractivity contribution in [3.8, 4) is 11.5 Å². The molecule has 1 aromatic rings. The molecule has 1 aliphatic heterocycles. The van der Waals surface area contributed by atoms with Crippen LogP contribution in [-0.4, -0.2) is 23.0 Å². The summed E-state index contributed by atoms with van der Waals surface area (Å²) in [7, 11) is 0. The van der Waals surface area contributed by atoms with Crippen molar-refractivity contribution in [1.29, 1.82) is 0 Å². The molecule has 0 saturated heterocycles. The van der Waals surface area contributed by atoms with Crippen molar-refractivity contribution in [2.75, 3.05) is 6.79 Å². The topological polar surface area (TPSA) is 76.0 Å². The van der Waals surface area contributed by atoms with Gasteiger partial charge in [0.05, 0.1) is 6.61 Å². The molecule has 1 aromatic carbocycles. The van der Waals surface area contributed by atoms with Crippen molar-refractivity contribution in [3.63, 3.8) is 0 Å². The number of benzene rings is 1. The second kappa shape index (κ2) is 4.40. The molecule has 0 amide bonds. The van der Waals surface area contributed by atoms with Gasteiger partial charge in [0.15, 0.2) is 11.5 Å². The Hall–Kier alpha value is -1.75. The van der Waals surface area contributed by atoms with E-state index in [9.17, 15) is 9.90 Å². The highest BCUT2D eigenvalue weighted by atomic mass is 16.7. The highest BCUT2D eigenvalue weighted by Gasteiger charge is 2.17. The number of rotatable bonds is 4. The monoisotopic (exact) mass is 224 g/mol. The molecule has 0 atom stereocenters. The number of fused-ring (bicyclic) bond motifs is 1. The molecule has 0 spiro atoms. The van der Waals surface area contributed by atoms with E-state index in [0.717, 1.165) is 5.56 Å². The quantitative estimate of drug-likeness (QED) is 0.795. The standard InChI is InChI=1S/C11H12O5/c12-5-8-4-10-9(15-6-16-10)3-7(8)1-2-11(13)14/h3-4,12H,1-2,5-6H2,(H,13,14). The number of hydrogen-bond donors (Lipinski definition) is 2. The summed E-state index contributed by atoms with van der Waals surface area (Å²) >= 11 is 0. The smallest absolute Gasteiger partial charge is 0.303 e. The van der Waals surface area contributed by atoms with Crippen LogP contribution in [0.3, 0.4) is 0 Å². The summed E-state index contributed by atoms with van der Waals surface area (Å²) in [6.45, 7) is 0.0359. The lowest BCUT2D eigenvalue weighted by atomic mass is 10.0. The van der Waals surface area contributed by atoms with Crippen molar-refractivity contribution in [2.24, 2.45) is 0 Å². The molecule has 0 fully saturated rings. The van der Waals surface area contributed by atoms with Crippen molar-refractivity contribution in [1.82, 2.24) is 0 Å². The minimum absolute atomic E-state index is 0.0344. The fourth-order valence-electron chi connectivity index (χ4n) is 1.65. The SMILES string of the molecule is O=C(O)CCc1cc2c(cc1CO)OCO2. The van der Waals surface area contributed by atoms with Crippen molar-refractivity contribution in [2.45, 2.75) is 19.4 Å². The Bertz CT molecular complexity index is 413. The van der Waals surface area contributed by atoms with E-state index in [1.54, 1.807) is 12.1 Å². The number of ether oxygens (including phenoxy) is 2. The van der Waals surface area contributed by atoms with Crippen LogP contribution in [0.4, 0.5) is 0 Å². The highest BCUT2D eigenvalue weighted by molar-refractivity contribution is 5.67. The minimum Gasteiger partial charge on any atom is -0.481 e. The Balaban J connectivity index is 2.25. The average Bonchev–Trinajstić information content (AvgIpc) is 2.71. The van der Waals surface area contributed by atoms with Crippen molar-refractivity contribution < 1.29 is 24.5 Å². The Morgan fingerprint density at radius 2 is 1.88 bits per heavy atom. The van der Waals surface area contributed by atoms with Gasteiger partial charge in [0.2, 0.25) is 6.79 Å². The maximum absolute atomic E-state index is 10.5. The second-order valence-electron chi connectivity index (χ2n) is 3.53. The van der Waals surface area contributed by atoms with Crippen LogP contribution in [-0.2, 0) is 17.8 Å². The lowest BCUT2D eigenvalue weighted by Gasteiger charge is -2.07. The number of aliphatic hydroxyl groups is 1. The summed E-state index contributed by atoms with van der Waals surface area (Å²) in [4.78, 5) is 10.5. The number of carbonyl (C=O) groups is 1. The number of carboxylic acids is 1. The van der Waals surface area contributed by atoms with E-state index in [0.29, 0.717) is 23.5 Å². The molecule has 16 heavy (non-hydrogen) atoms. The molecule has 1 aliphatic rings. The van der Waals surface area contributed by atoms with Crippen molar-refractivity contribution >= 4 is 5.97 Å². The third-order valence-corrected chi connectivity index (χ3v) is 2.47. The van der Waals surface area contributed by atoms with Gasteiger partial charge in [0.25, 0.3) is 0 Å². The number of carboxylic acid groups (broad SMARTS) is 1. The maximum atomic E-state index is 10.5. The van der Waals surface area contributed by atoms with E-state index in [-0.39, 0.29) is 19.8 Å². The molecule has 2 N–H and O–H groups in total. The largest absolute Gasteiger partial charge is 0.481 e. The number of aliphatic hydroxyl groups excluding tert-OH is 1. The maximum Gasteiger partial charge on any atom is 0.303 e. The normalized spacial score (nSPS) is 12.8. The van der Waals surface area contributed by atoms with Crippen LogP contribution in [0, 0.1) is 0 Å². The zero-order valence-electron chi connectivity index (χ0n) is 8.60. The van der Waals surface area contributed by atoms with Crippen LogP contribution < -0.4 is 9.47 Å². The number of hydrogen-bond acceptors (Lipinski definition) is 4. The third kappa shape index (κ3) is 2.09. The summed E-state index contributed by atoms with van der Waals surface area (Å²) in [5.41, 5.74) is 1.47. The van der Waals surface area contributed by atoms with Gasteiger partial charge in [-0.2, -0.15) is 0 Å². The third-order valence-electron chi connectivity index (χ3n) is 2.47. The van der Waals surface area contributed by atoms with Crippen LogP contribution in [0.25, 0.3) is 0 Å². The Kier molecular flexibility index (Phi) is 2.96. The molecule has 1 heterocycles. The van der Waals surface area contributed by atoms with Gasteiger partial charge in [-0.05, 0) is 29.7 Å². The molecule has 0 bridgehead atoms. The molecule has 0 aromatic heterocycles. The fourth-order valence-corrected chi connectivity index (χ4v) is 1.65. The molecule has 0 unspecified atom stereocenters. The van der Waals surface area contributed by atoms with Crippen molar-refractivity contribution in [3.05, 3.63) is 23.3 Å². The van der Waals surface area contributed by atoms with Gasteiger partial charge in [-0.3, -0.25) is 4.79 Å². The summed E-state index contributed by atoms with van der Waals surface area (Å²) in [6.07, 6.45) is 0.411. The molecule has 2 rings (SSSR count). The zero-order valence-corrected chi connectivity index (χ0v) is 8.60. The summed E-state index contributed by atoms with van der Waals surface area (Å²) < 4.78 is 10.4. The average molecular weight is 224 g/mol. The minimum atomic E-state index is -0.860. The molecular formula is C11H12O5. The van der Waals surface area contributed by atoms with Gasteiger partial charge >= 0.3 is 5.97 Å². The van der Waals surface area contributed by atoms with Crippen LogP contribution in [0.1, 0.15) is 17.5 Å². The molecule has 0 radical (unpaired) electrons. The molecule has 5 nitrogen and oxygen atoms in total. The summed E-state index contributed by atoms with van der Waals surface area (Å²) in [5, 5.41) is 17.8. The molecule has 0 aliphatic carbocycles. The first-order valence-electron chi connectivity index (χ1n) is 4.94. The van der Waals surface area contributed by atoms with Crippen LogP contribution in [0.2, 0.25) is 0 Å². The van der Waals surface area contributed by atoms with E-state index in [4.69, 9.17) is 14.6 Å². The lowest BCUT2D eigenvalue weighted by Crippen LogP contribution is -2.00. The number of aliphatic carboxylic acids is 1. The second-order valence-corrected chi connectivity index (χ2v) is 3.53. The Morgan fingerprint density at radius 3 is 2.44 bits per heavy atom. The van der Waals surface area contributed by atoms with Gasteiger partial charge in [0, 0.05) is 6.42 Å². The molecular weight excluding hydrogens is 212 g/mol. The Labute approximate surface area is 92.2 Å². The van der Waals surface area contributed by atoms with Gasteiger partial charge < -0.3 is 19.7 Å². The van der Waals surface area contributed by atoms with E-state index >= 15 is 0 Å². The predicted octanol–water partition coefficient (Wildman–Crippen LogP) is 0.925. The van der Waals surface area contributed by atoms with Gasteiger partial charge in [-0.1, -0.05) is 0 Å². The molecule has 0 saturated carbocycles. The van der Waals surface area contributed by atoms with Crippen LogP contribution in [0.15, 0.2) is 12.1 Å². The first-order chi connectivity index (χ1) is 7.70. The first-order valence-corrected chi connectivity index (χ1v) is 4.94. The van der Waals surface area contributed by atoms with Gasteiger partial charge in [-0.15, -0.1) is 0 Å². The summed E-state index contributed by atoms with van der Waals surface area (Å²) in [5.74, 6) is 0.349. The fraction of sp³-hybridized carbons (Fsp3) is 0.364. The zero-order chi connectivity index (χ0) is 11.5. The van der Waals surface area contributed by atoms with E-state index in [1.165, 1.54) is 0 Å². The first kappa shape index (κ1) is 10.8. The van der Waals surface area contributed by atoms with E-state index in [1.807, 2.05) is 0 Å². The number of aryl methyl sites for hydroxylation is 1. The lowest BCUT2D eigenvalue weighted by molar-refractivity contribution is -0.136. The van der Waals surface area contributed by atoms with E-state index in [2.05, 4.69) is 0 Å². The Morgan fingerprint density at radius 1 is 1.25 bits per heavy atom. The predicted molar refractivity (Wildman–Crippen MR) is 54.4 cm³/mol. The van der Waals surface area contributed by atoms with E-state index < -0.39 is 5.97 Å². The highest BCUT2D eigenvalue weighted by Crippen LogP contribution is 2.35. The van der Waals surface area contributed by atoms with Crippen LogP contribution >= 0.6 is 0 Å². The van der Waals surface area contributed by atoms with Gasteiger partial charge in [0.1, 0.15) is 0 Å². The van der Waals surface area contributed by atoms with Crippen LogP contribution in [0.5, 0.6) is 11.5 Å². The molecule has 86 valence electrons.